The van der Waals surface area contributed by atoms with Gasteiger partial charge in [0.1, 0.15) is 0 Å². The molecule has 1 nitrogen and oxygen atoms in total. The normalized spacial score (nSPS) is 9.50. The SMILES string of the molecule is CCCCCCCCCCN.[Bi]. The van der Waals surface area contributed by atoms with Crippen molar-refractivity contribution in [3.8, 4) is 0 Å². The van der Waals surface area contributed by atoms with Gasteiger partial charge in [0.25, 0.3) is 0 Å². The van der Waals surface area contributed by atoms with Crippen molar-refractivity contribution in [1.29, 1.82) is 0 Å². The fourth-order valence-corrected chi connectivity index (χ4v) is 1.28. The summed E-state index contributed by atoms with van der Waals surface area (Å²) in [4.78, 5) is 0. The molecule has 73 valence electrons. The third-order valence-electron chi connectivity index (χ3n) is 2.06. The van der Waals surface area contributed by atoms with Crippen LogP contribution in [0.15, 0.2) is 0 Å². The summed E-state index contributed by atoms with van der Waals surface area (Å²) >= 11 is 0. The fraction of sp³-hybridized carbons (Fsp3) is 1.00. The average Bonchev–Trinajstić information content (AvgIpc) is 2.03. The van der Waals surface area contributed by atoms with E-state index in [0.717, 1.165) is 6.54 Å². The van der Waals surface area contributed by atoms with Gasteiger partial charge in [0.05, 0.1) is 0 Å². The molecule has 0 amide bonds. The fourth-order valence-electron chi connectivity index (χ4n) is 1.28. The van der Waals surface area contributed by atoms with Gasteiger partial charge >= 0.3 is 0 Å². The predicted molar refractivity (Wildman–Crippen MR) is 57.4 cm³/mol. The van der Waals surface area contributed by atoms with Crippen molar-refractivity contribution in [2.45, 2.75) is 58.3 Å². The Morgan fingerprint density at radius 3 is 1.58 bits per heavy atom. The summed E-state index contributed by atoms with van der Waals surface area (Å²) in [5, 5.41) is 0. The van der Waals surface area contributed by atoms with Crippen molar-refractivity contribution in [3.63, 3.8) is 0 Å². The Balaban J connectivity index is 0. The molecule has 2 heteroatoms. The molecule has 0 heterocycles. The second-order valence-electron chi connectivity index (χ2n) is 3.26. The van der Waals surface area contributed by atoms with Crippen LogP contribution < -0.4 is 5.73 Å². The van der Waals surface area contributed by atoms with Gasteiger partial charge in [-0.3, -0.25) is 0 Å². The smallest absolute Gasteiger partial charge is 0 e. The maximum atomic E-state index is 5.39. The van der Waals surface area contributed by atoms with E-state index in [4.69, 9.17) is 5.73 Å². The van der Waals surface area contributed by atoms with Gasteiger partial charge in [-0.15, -0.1) is 0 Å². The molecule has 0 spiro atoms. The van der Waals surface area contributed by atoms with Crippen LogP contribution >= 0.6 is 0 Å². The van der Waals surface area contributed by atoms with E-state index in [1.54, 1.807) is 0 Å². The molecule has 0 saturated carbocycles. The molecule has 0 aliphatic carbocycles. The van der Waals surface area contributed by atoms with Crippen molar-refractivity contribution in [1.82, 2.24) is 0 Å². The van der Waals surface area contributed by atoms with E-state index in [0.29, 0.717) is 0 Å². The van der Waals surface area contributed by atoms with Crippen LogP contribution in [0.3, 0.4) is 0 Å². The summed E-state index contributed by atoms with van der Waals surface area (Å²) in [6.45, 7) is 3.13. The topological polar surface area (TPSA) is 26.0 Å². The first kappa shape index (κ1) is 15.3. The van der Waals surface area contributed by atoms with Gasteiger partial charge in [0.2, 0.25) is 0 Å². The second-order valence-corrected chi connectivity index (χ2v) is 3.26. The first-order valence-corrected chi connectivity index (χ1v) is 5.12. The van der Waals surface area contributed by atoms with Crippen LogP contribution in [-0.4, -0.2) is 32.7 Å². The Morgan fingerprint density at radius 1 is 0.750 bits per heavy atom. The van der Waals surface area contributed by atoms with E-state index in [2.05, 4.69) is 6.92 Å². The van der Waals surface area contributed by atoms with E-state index in [9.17, 15) is 0 Å². The monoisotopic (exact) mass is 366 g/mol. The summed E-state index contributed by atoms with van der Waals surface area (Å²) < 4.78 is 0. The van der Waals surface area contributed by atoms with E-state index in [-0.39, 0.29) is 26.2 Å². The Bertz CT molecular complexity index is 58.9. The summed E-state index contributed by atoms with van der Waals surface area (Å²) in [6.07, 6.45) is 11.0. The number of rotatable bonds is 8. The van der Waals surface area contributed by atoms with Crippen molar-refractivity contribution < 1.29 is 0 Å². The van der Waals surface area contributed by atoms with Crippen LogP contribution in [0, 0.1) is 0 Å². The van der Waals surface area contributed by atoms with E-state index in [1.165, 1.54) is 51.4 Å². The minimum absolute atomic E-state index is 0. The van der Waals surface area contributed by atoms with Crippen LogP contribution in [0.4, 0.5) is 0 Å². The maximum absolute atomic E-state index is 5.39. The van der Waals surface area contributed by atoms with Crippen molar-refractivity contribution >= 4 is 26.2 Å². The molecule has 0 aliphatic rings. The molecule has 0 fully saturated rings. The molecule has 0 unspecified atom stereocenters. The standard InChI is InChI=1S/C10H23N.Bi/c1-2-3-4-5-6-7-8-9-10-11;/h2-11H2,1H3;. The van der Waals surface area contributed by atoms with Gasteiger partial charge in [-0.05, 0) is 13.0 Å². The van der Waals surface area contributed by atoms with Crippen molar-refractivity contribution in [2.24, 2.45) is 5.73 Å². The molecule has 0 saturated heterocycles. The number of unbranched alkanes of at least 4 members (excludes halogenated alkanes) is 7. The molecule has 0 bridgehead atoms. The third kappa shape index (κ3) is 13.4. The molecule has 0 aromatic rings. The summed E-state index contributed by atoms with van der Waals surface area (Å²) in [5.41, 5.74) is 5.39. The minimum atomic E-state index is 0. The molecule has 0 aliphatic heterocycles. The molecule has 0 rings (SSSR count). The van der Waals surface area contributed by atoms with E-state index >= 15 is 0 Å². The molecular formula is C10H23BiN. The Kier molecular flexibility index (Phi) is 18.3. The average molecular weight is 366 g/mol. The summed E-state index contributed by atoms with van der Waals surface area (Å²) in [7, 11) is 0. The van der Waals surface area contributed by atoms with E-state index in [1.807, 2.05) is 0 Å². The zero-order valence-electron chi connectivity index (χ0n) is 8.39. The molecule has 12 heavy (non-hydrogen) atoms. The van der Waals surface area contributed by atoms with Gasteiger partial charge in [-0.1, -0.05) is 51.9 Å². The Morgan fingerprint density at radius 2 is 1.17 bits per heavy atom. The largest absolute Gasteiger partial charge is 0.330 e. The predicted octanol–water partition coefficient (Wildman–Crippen LogP) is 2.71. The molecule has 0 atom stereocenters. The number of nitrogens with two attached hydrogens (primary N) is 1. The summed E-state index contributed by atoms with van der Waals surface area (Å²) in [6, 6.07) is 0. The zero-order chi connectivity index (χ0) is 8.36. The first-order valence-electron chi connectivity index (χ1n) is 5.12. The van der Waals surface area contributed by atoms with Crippen LogP contribution in [0.5, 0.6) is 0 Å². The summed E-state index contributed by atoms with van der Waals surface area (Å²) in [5.74, 6) is 0. The van der Waals surface area contributed by atoms with Crippen LogP contribution in [0.2, 0.25) is 0 Å². The Hall–Kier alpha value is 0.843. The third-order valence-corrected chi connectivity index (χ3v) is 2.06. The van der Waals surface area contributed by atoms with Gasteiger partial charge in [0.15, 0.2) is 0 Å². The van der Waals surface area contributed by atoms with Crippen LogP contribution in [-0.2, 0) is 0 Å². The van der Waals surface area contributed by atoms with Gasteiger partial charge in [0, 0.05) is 26.2 Å². The van der Waals surface area contributed by atoms with Crippen molar-refractivity contribution in [3.05, 3.63) is 0 Å². The number of hydrogen-bond acceptors (Lipinski definition) is 1. The second kappa shape index (κ2) is 14.4. The molecular weight excluding hydrogens is 343 g/mol. The first-order chi connectivity index (χ1) is 5.41. The van der Waals surface area contributed by atoms with Crippen molar-refractivity contribution in [2.75, 3.05) is 6.54 Å². The minimum Gasteiger partial charge on any atom is -0.330 e. The molecule has 2 N–H and O–H groups in total. The Labute approximate surface area is 96.6 Å². The molecule has 3 radical (unpaired) electrons. The van der Waals surface area contributed by atoms with Crippen LogP contribution in [0.1, 0.15) is 58.3 Å². The molecule has 0 aromatic carbocycles. The quantitative estimate of drug-likeness (QED) is 0.519. The van der Waals surface area contributed by atoms with Gasteiger partial charge in [-0.2, -0.15) is 0 Å². The van der Waals surface area contributed by atoms with E-state index < -0.39 is 0 Å². The van der Waals surface area contributed by atoms with Gasteiger partial charge < -0.3 is 5.73 Å². The zero-order valence-corrected chi connectivity index (χ0v) is 11.9. The van der Waals surface area contributed by atoms with Gasteiger partial charge in [-0.25, -0.2) is 0 Å². The number of hydrogen-bond donors (Lipinski definition) is 1. The molecule has 0 aromatic heterocycles. The maximum Gasteiger partial charge on any atom is 0 e. The van der Waals surface area contributed by atoms with Crippen LogP contribution in [0.25, 0.3) is 0 Å².